The van der Waals surface area contributed by atoms with Crippen molar-refractivity contribution in [1.29, 1.82) is 0 Å². The maximum atomic E-state index is 13.1. The molecule has 0 fully saturated rings. The molecule has 2 aromatic heterocycles. The Hall–Kier alpha value is -3.23. The standard InChI is InChI=1S/C23H21ClN4O3S/c1-14-22(32(30,31)18-9-7-17(24)8-10-18)11-21(28(14)3)23(29)26-12-16-5-4-6-20-19(16)13-25-15(2)27-20/h4-11,13H,12H2,1-3H3,(H,26,29). The molecule has 1 N–H and O–H groups in total. The second-order valence-corrected chi connectivity index (χ2v) is 9.80. The number of hydrogen-bond acceptors (Lipinski definition) is 5. The van der Waals surface area contributed by atoms with E-state index in [4.69, 9.17) is 11.6 Å². The van der Waals surface area contributed by atoms with Crippen LogP contribution in [0.3, 0.4) is 0 Å². The van der Waals surface area contributed by atoms with E-state index in [-0.39, 0.29) is 27.9 Å². The first-order valence-corrected chi connectivity index (χ1v) is 11.7. The molecule has 2 aromatic carbocycles. The highest BCUT2D eigenvalue weighted by molar-refractivity contribution is 7.91. The Kier molecular flexibility index (Phi) is 5.75. The van der Waals surface area contributed by atoms with Crippen LogP contribution in [0.5, 0.6) is 0 Å². The third-order valence-electron chi connectivity index (χ3n) is 5.41. The molecule has 0 saturated carbocycles. The molecule has 2 heterocycles. The van der Waals surface area contributed by atoms with Crippen molar-refractivity contribution in [2.75, 3.05) is 0 Å². The maximum Gasteiger partial charge on any atom is 0.268 e. The van der Waals surface area contributed by atoms with Crippen LogP contribution < -0.4 is 5.32 Å². The van der Waals surface area contributed by atoms with E-state index in [1.165, 1.54) is 30.3 Å². The van der Waals surface area contributed by atoms with Gasteiger partial charge >= 0.3 is 0 Å². The minimum absolute atomic E-state index is 0.0847. The van der Waals surface area contributed by atoms with Gasteiger partial charge in [0.1, 0.15) is 11.5 Å². The number of nitrogens with one attached hydrogen (secondary N) is 1. The number of rotatable bonds is 5. The molecule has 0 saturated heterocycles. The lowest BCUT2D eigenvalue weighted by Gasteiger charge is -2.09. The molecule has 0 aliphatic carbocycles. The summed E-state index contributed by atoms with van der Waals surface area (Å²) in [5.41, 5.74) is 2.40. The zero-order chi connectivity index (χ0) is 23.0. The fraction of sp³-hybridized carbons (Fsp3) is 0.174. The number of benzene rings is 2. The number of amides is 1. The molecule has 1 amide bonds. The molecule has 7 nitrogen and oxygen atoms in total. The molecule has 164 valence electrons. The van der Waals surface area contributed by atoms with E-state index >= 15 is 0 Å². The zero-order valence-corrected chi connectivity index (χ0v) is 19.3. The van der Waals surface area contributed by atoms with Crippen molar-refractivity contribution < 1.29 is 13.2 Å². The monoisotopic (exact) mass is 468 g/mol. The lowest BCUT2D eigenvalue weighted by Crippen LogP contribution is -2.25. The van der Waals surface area contributed by atoms with Crippen LogP contribution in [-0.2, 0) is 23.4 Å². The van der Waals surface area contributed by atoms with E-state index in [1.807, 2.05) is 25.1 Å². The first-order valence-electron chi connectivity index (χ1n) is 9.85. The number of carbonyl (C=O) groups excluding carboxylic acids is 1. The van der Waals surface area contributed by atoms with Gasteiger partial charge in [0.25, 0.3) is 5.91 Å². The quantitative estimate of drug-likeness (QED) is 0.477. The summed E-state index contributed by atoms with van der Waals surface area (Å²) in [6.07, 6.45) is 1.74. The van der Waals surface area contributed by atoms with Crippen molar-refractivity contribution in [2.24, 2.45) is 7.05 Å². The summed E-state index contributed by atoms with van der Waals surface area (Å²) in [6, 6.07) is 13.0. The molecule has 4 rings (SSSR count). The summed E-state index contributed by atoms with van der Waals surface area (Å²) in [6.45, 7) is 3.75. The average Bonchev–Trinajstić information content (AvgIpc) is 3.07. The van der Waals surface area contributed by atoms with E-state index in [1.54, 1.807) is 24.7 Å². The van der Waals surface area contributed by atoms with Crippen LogP contribution in [0.15, 0.2) is 64.5 Å². The van der Waals surface area contributed by atoms with E-state index in [0.29, 0.717) is 16.5 Å². The molecule has 32 heavy (non-hydrogen) atoms. The Morgan fingerprint density at radius 2 is 1.84 bits per heavy atom. The summed E-state index contributed by atoms with van der Waals surface area (Å²) in [4.78, 5) is 21.8. The molecule has 0 aliphatic heterocycles. The smallest absolute Gasteiger partial charge is 0.268 e. The van der Waals surface area contributed by atoms with Crippen LogP contribution >= 0.6 is 11.6 Å². The van der Waals surface area contributed by atoms with E-state index in [9.17, 15) is 13.2 Å². The summed E-state index contributed by atoms with van der Waals surface area (Å²) < 4.78 is 27.8. The SMILES string of the molecule is Cc1ncc2c(CNC(=O)c3cc(S(=O)(=O)c4ccc(Cl)cc4)c(C)n3C)cccc2n1. The fourth-order valence-corrected chi connectivity index (χ4v) is 5.20. The van der Waals surface area contributed by atoms with Gasteiger partial charge in [0, 0.05) is 35.9 Å². The molecule has 0 radical (unpaired) electrons. The Labute approximate surface area is 191 Å². The number of sulfone groups is 1. The number of carbonyl (C=O) groups is 1. The lowest BCUT2D eigenvalue weighted by atomic mass is 10.1. The Balaban J connectivity index is 1.61. The number of fused-ring (bicyclic) bond motifs is 1. The van der Waals surface area contributed by atoms with Gasteiger partial charge in [-0.3, -0.25) is 4.79 Å². The molecule has 4 aromatic rings. The van der Waals surface area contributed by atoms with Crippen LogP contribution in [0.2, 0.25) is 5.02 Å². The predicted molar refractivity (Wildman–Crippen MR) is 122 cm³/mol. The zero-order valence-electron chi connectivity index (χ0n) is 17.8. The molecule has 9 heteroatoms. The third kappa shape index (κ3) is 3.99. The van der Waals surface area contributed by atoms with Gasteiger partial charge < -0.3 is 9.88 Å². The summed E-state index contributed by atoms with van der Waals surface area (Å²) in [5, 5.41) is 4.18. The van der Waals surface area contributed by atoms with Crippen molar-refractivity contribution in [3.8, 4) is 0 Å². The average molecular weight is 469 g/mol. The van der Waals surface area contributed by atoms with Gasteiger partial charge in [0.15, 0.2) is 0 Å². The van der Waals surface area contributed by atoms with Crippen LogP contribution in [0.4, 0.5) is 0 Å². The van der Waals surface area contributed by atoms with E-state index in [2.05, 4.69) is 15.3 Å². The highest BCUT2D eigenvalue weighted by atomic mass is 35.5. The number of hydrogen-bond donors (Lipinski definition) is 1. The third-order valence-corrected chi connectivity index (χ3v) is 7.55. The minimum atomic E-state index is -3.80. The Morgan fingerprint density at radius 1 is 1.12 bits per heavy atom. The molecule has 0 aliphatic rings. The summed E-state index contributed by atoms with van der Waals surface area (Å²) in [7, 11) is -2.13. The van der Waals surface area contributed by atoms with Gasteiger partial charge in [-0.2, -0.15) is 0 Å². The first-order chi connectivity index (χ1) is 15.2. The van der Waals surface area contributed by atoms with Gasteiger partial charge in [0.05, 0.1) is 15.3 Å². The second-order valence-electron chi connectivity index (χ2n) is 7.45. The Bertz CT molecular complexity index is 1440. The number of aromatic nitrogens is 3. The highest BCUT2D eigenvalue weighted by Crippen LogP contribution is 2.27. The van der Waals surface area contributed by atoms with Crippen LogP contribution in [0, 0.1) is 13.8 Å². The fourth-order valence-electron chi connectivity index (χ4n) is 3.53. The minimum Gasteiger partial charge on any atom is -0.347 e. The maximum absolute atomic E-state index is 13.1. The molecule has 0 bridgehead atoms. The van der Waals surface area contributed by atoms with Gasteiger partial charge in [-0.1, -0.05) is 23.7 Å². The summed E-state index contributed by atoms with van der Waals surface area (Å²) in [5.74, 6) is 0.297. The lowest BCUT2D eigenvalue weighted by molar-refractivity contribution is 0.0942. The predicted octanol–water partition coefficient (Wildman–Crippen LogP) is 4.00. The molecular formula is C23H21ClN4O3S. The number of nitrogens with zero attached hydrogens (tertiary/aromatic N) is 3. The van der Waals surface area contributed by atoms with Crippen molar-refractivity contribution in [3.63, 3.8) is 0 Å². The number of halogens is 1. The van der Waals surface area contributed by atoms with Crippen molar-refractivity contribution in [3.05, 3.63) is 82.5 Å². The van der Waals surface area contributed by atoms with Crippen molar-refractivity contribution in [1.82, 2.24) is 19.9 Å². The first kappa shape index (κ1) is 22.0. The van der Waals surface area contributed by atoms with E-state index < -0.39 is 9.84 Å². The second kappa shape index (κ2) is 8.37. The number of aryl methyl sites for hydroxylation is 1. The largest absolute Gasteiger partial charge is 0.347 e. The van der Waals surface area contributed by atoms with E-state index in [0.717, 1.165) is 16.5 Å². The topological polar surface area (TPSA) is 94.0 Å². The van der Waals surface area contributed by atoms with Gasteiger partial charge in [-0.15, -0.1) is 0 Å². The van der Waals surface area contributed by atoms with Crippen molar-refractivity contribution in [2.45, 2.75) is 30.2 Å². The van der Waals surface area contributed by atoms with Gasteiger partial charge in [0.2, 0.25) is 9.84 Å². The highest BCUT2D eigenvalue weighted by Gasteiger charge is 2.26. The molecular weight excluding hydrogens is 448 g/mol. The van der Waals surface area contributed by atoms with Gasteiger partial charge in [-0.05, 0) is 55.8 Å². The Morgan fingerprint density at radius 3 is 2.56 bits per heavy atom. The normalized spacial score (nSPS) is 11.6. The van der Waals surface area contributed by atoms with Crippen LogP contribution in [0.25, 0.3) is 10.9 Å². The van der Waals surface area contributed by atoms with Gasteiger partial charge in [-0.25, -0.2) is 18.4 Å². The summed E-state index contributed by atoms with van der Waals surface area (Å²) >= 11 is 5.88. The molecule has 0 unspecified atom stereocenters. The molecule has 0 atom stereocenters. The van der Waals surface area contributed by atoms with Crippen LogP contribution in [0.1, 0.15) is 27.6 Å². The van der Waals surface area contributed by atoms with Crippen LogP contribution in [-0.4, -0.2) is 28.9 Å². The molecule has 0 spiro atoms. The van der Waals surface area contributed by atoms with Crippen molar-refractivity contribution >= 4 is 38.2 Å².